The molecule has 1 aliphatic heterocycles. The molecule has 0 spiro atoms. The maximum atomic E-state index is 10.9. The fraction of sp³-hybridized carbons (Fsp3) is 0.111. The Balaban J connectivity index is 1.91. The number of nitrogens with zero attached hydrogens (tertiary/aromatic N) is 1. The topological polar surface area (TPSA) is 25.2 Å². The van der Waals surface area contributed by atoms with Gasteiger partial charge >= 0.3 is 0 Å². The van der Waals surface area contributed by atoms with Crippen LogP contribution in [0.3, 0.4) is 0 Å². The van der Waals surface area contributed by atoms with E-state index in [1.165, 1.54) is 0 Å². The molecule has 2 aromatic carbocycles. The average Bonchev–Trinajstić information content (AvgIpc) is 2.99. The summed E-state index contributed by atoms with van der Waals surface area (Å²) in [5.74, 6) is 0. The zero-order chi connectivity index (χ0) is 15.1. The Bertz CT molecular complexity index is 815. The molecule has 2 heterocycles. The van der Waals surface area contributed by atoms with Crippen LogP contribution < -0.4 is 0 Å². The van der Waals surface area contributed by atoms with Crippen LogP contribution in [0.15, 0.2) is 71.8 Å². The van der Waals surface area contributed by atoms with Crippen molar-refractivity contribution < 1.29 is 5.11 Å². The monoisotopic (exact) mass is 327 g/mol. The van der Waals surface area contributed by atoms with Gasteiger partial charge in [0.05, 0.1) is 16.6 Å². The normalized spacial score (nSPS) is 20.1. The second kappa shape index (κ2) is 5.51. The Morgan fingerprint density at radius 2 is 1.82 bits per heavy atom. The SMILES string of the molecule is O[C@@H]1c2cccn2-c2cc(Cl)ccc2S[C@H]1c1ccccc1. The van der Waals surface area contributed by atoms with Crippen molar-refractivity contribution in [2.24, 2.45) is 0 Å². The zero-order valence-electron chi connectivity index (χ0n) is 11.7. The van der Waals surface area contributed by atoms with Gasteiger partial charge in [-0.2, -0.15) is 0 Å². The molecule has 0 unspecified atom stereocenters. The standard InChI is InChI=1S/C18H14ClNOS/c19-13-8-9-16-15(11-13)20-10-4-7-14(20)17(21)18(22-16)12-5-2-1-3-6-12/h1-11,17-18,21H/t17-,18+/m1/s1. The van der Waals surface area contributed by atoms with E-state index in [-0.39, 0.29) is 5.25 Å². The number of aliphatic hydroxyl groups is 1. The highest BCUT2D eigenvalue weighted by atomic mass is 35.5. The first-order chi connectivity index (χ1) is 10.7. The number of thioether (sulfide) groups is 1. The van der Waals surface area contributed by atoms with Crippen molar-refractivity contribution in [3.8, 4) is 5.69 Å². The number of aromatic nitrogens is 1. The van der Waals surface area contributed by atoms with Gasteiger partial charge in [-0.1, -0.05) is 41.9 Å². The molecule has 1 aromatic heterocycles. The summed E-state index contributed by atoms with van der Waals surface area (Å²) >= 11 is 7.85. The van der Waals surface area contributed by atoms with Crippen LogP contribution in [-0.2, 0) is 0 Å². The van der Waals surface area contributed by atoms with Crippen LogP contribution in [-0.4, -0.2) is 9.67 Å². The third-order valence-electron chi connectivity index (χ3n) is 3.93. The van der Waals surface area contributed by atoms with E-state index >= 15 is 0 Å². The minimum absolute atomic E-state index is 0.0442. The summed E-state index contributed by atoms with van der Waals surface area (Å²) in [4.78, 5) is 1.12. The summed E-state index contributed by atoms with van der Waals surface area (Å²) in [5, 5.41) is 11.6. The first-order valence-corrected chi connectivity index (χ1v) is 8.36. The lowest BCUT2D eigenvalue weighted by molar-refractivity contribution is 0.169. The number of hydrogen-bond acceptors (Lipinski definition) is 2. The summed E-state index contributed by atoms with van der Waals surface area (Å²) in [7, 11) is 0. The molecule has 4 heteroatoms. The summed E-state index contributed by atoms with van der Waals surface area (Å²) in [6.45, 7) is 0. The van der Waals surface area contributed by atoms with Gasteiger partial charge in [-0.15, -0.1) is 11.8 Å². The van der Waals surface area contributed by atoms with Crippen molar-refractivity contribution in [1.82, 2.24) is 4.57 Å². The van der Waals surface area contributed by atoms with Gasteiger partial charge < -0.3 is 9.67 Å². The van der Waals surface area contributed by atoms with Gasteiger partial charge in [0.2, 0.25) is 0 Å². The Hall–Kier alpha value is -1.68. The Kier molecular flexibility index (Phi) is 3.49. The lowest BCUT2D eigenvalue weighted by Gasteiger charge is -2.20. The molecule has 0 amide bonds. The second-order valence-electron chi connectivity index (χ2n) is 5.31. The molecule has 0 saturated heterocycles. The van der Waals surface area contributed by atoms with Gasteiger partial charge in [0.15, 0.2) is 0 Å². The van der Waals surface area contributed by atoms with E-state index in [1.807, 2.05) is 59.3 Å². The summed E-state index contributed by atoms with van der Waals surface area (Å²) in [6, 6.07) is 19.9. The molecule has 22 heavy (non-hydrogen) atoms. The molecule has 0 aliphatic carbocycles. The van der Waals surface area contributed by atoms with Gasteiger partial charge in [-0.05, 0) is 35.9 Å². The molecule has 0 radical (unpaired) electrons. The summed E-state index contributed by atoms with van der Waals surface area (Å²) in [5.41, 5.74) is 3.04. The smallest absolute Gasteiger partial charge is 0.111 e. The third-order valence-corrected chi connectivity index (χ3v) is 5.55. The molecular weight excluding hydrogens is 314 g/mol. The van der Waals surface area contributed by atoms with E-state index in [9.17, 15) is 5.11 Å². The van der Waals surface area contributed by atoms with Crippen LogP contribution in [0.2, 0.25) is 5.02 Å². The van der Waals surface area contributed by atoms with Crippen molar-refractivity contribution in [2.75, 3.05) is 0 Å². The van der Waals surface area contributed by atoms with Crippen molar-refractivity contribution in [3.63, 3.8) is 0 Å². The summed E-state index contributed by atoms with van der Waals surface area (Å²) in [6.07, 6.45) is 1.40. The average molecular weight is 328 g/mol. The van der Waals surface area contributed by atoms with Gasteiger partial charge in [0.1, 0.15) is 6.10 Å². The number of hydrogen-bond donors (Lipinski definition) is 1. The predicted molar refractivity (Wildman–Crippen MR) is 90.8 cm³/mol. The number of halogens is 1. The van der Waals surface area contributed by atoms with E-state index in [0.717, 1.165) is 21.8 Å². The van der Waals surface area contributed by atoms with Gasteiger partial charge in [0, 0.05) is 16.1 Å². The van der Waals surface area contributed by atoms with Crippen LogP contribution in [0, 0.1) is 0 Å². The molecule has 4 rings (SSSR count). The lowest BCUT2D eigenvalue weighted by atomic mass is 10.0. The quantitative estimate of drug-likeness (QED) is 0.679. The first-order valence-electron chi connectivity index (χ1n) is 7.11. The van der Waals surface area contributed by atoms with Crippen molar-refractivity contribution in [2.45, 2.75) is 16.2 Å². The molecule has 0 fully saturated rings. The molecule has 2 atom stereocenters. The van der Waals surface area contributed by atoms with Crippen molar-refractivity contribution >= 4 is 23.4 Å². The highest BCUT2D eigenvalue weighted by Crippen LogP contribution is 2.49. The molecular formula is C18H14ClNOS. The lowest BCUT2D eigenvalue weighted by Crippen LogP contribution is -2.09. The third kappa shape index (κ3) is 2.26. The summed E-state index contributed by atoms with van der Waals surface area (Å²) < 4.78 is 2.03. The van der Waals surface area contributed by atoms with Gasteiger partial charge in [-0.25, -0.2) is 0 Å². The minimum atomic E-state index is -0.575. The van der Waals surface area contributed by atoms with Crippen molar-refractivity contribution in [1.29, 1.82) is 0 Å². The molecule has 0 bridgehead atoms. The van der Waals surface area contributed by atoms with Crippen LogP contribution >= 0.6 is 23.4 Å². The molecule has 3 aromatic rings. The number of fused-ring (bicyclic) bond motifs is 3. The molecule has 1 N–H and O–H groups in total. The fourth-order valence-electron chi connectivity index (χ4n) is 2.88. The Morgan fingerprint density at radius 3 is 2.64 bits per heavy atom. The van der Waals surface area contributed by atoms with Crippen LogP contribution in [0.1, 0.15) is 22.6 Å². The van der Waals surface area contributed by atoms with E-state index in [2.05, 4.69) is 12.1 Å². The molecule has 1 aliphatic rings. The molecule has 0 saturated carbocycles. The maximum absolute atomic E-state index is 10.9. The van der Waals surface area contributed by atoms with Gasteiger partial charge in [0.25, 0.3) is 0 Å². The maximum Gasteiger partial charge on any atom is 0.111 e. The predicted octanol–water partition coefficient (Wildman–Crippen LogP) is 5.01. The van der Waals surface area contributed by atoms with E-state index in [4.69, 9.17) is 11.6 Å². The fourth-order valence-corrected chi connectivity index (χ4v) is 4.31. The number of aliphatic hydroxyl groups excluding tert-OH is 1. The van der Waals surface area contributed by atoms with Gasteiger partial charge in [-0.3, -0.25) is 0 Å². The van der Waals surface area contributed by atoms with Crippen molar-refractivity contribution in [3.05, 3.63) is 83.1 Å². The minimum Gasteiger partial charge on any atom is -0.385 e. The molecule has 110 valence electrons. The van der Waals surface area contributed by atoms with Crippen LogP contribution in [0.4, 0.5) is 0 Å². The number of rotatable bonds is 1. The highest BCUT2D eigenvalue weighted by Gasteiger charge is 2.30. The largest absolute Gasteiger partial charge is 0.385 e. The number of benzene rings is 2. The van der Waals surface area contributed by atoms with E-state index in [0.29, 0.717) is 5.02 Å². The van der Waals surface area contributed by atoms with E-state index < -0.39 is 6.10 Å². The zero-order valence-corrected chi connectivity index (χ0v) is 13.3. The molecule has 2 nitrogen and oxygen atoms in total. The first kappa shape index (κ1) is 13.9. The van der Waals surface area contributed by atoms with Crippen LogP contribution in [0.25, 0.3) is 5.69 Å². The Morgan fingerprint density at radius 1 is 1.00 bits per heavy atom. The Labute approximate surface area is 138 Å². The second-order valence-corrected chi connectivity index (χ2v) is 6.93. The van der Waals surface area contributed by atoms with Crippen LogP contribution in [0.5, 0.6) is 0 Å². The highest BCUT2D eigenvalue weighted by molar-refractivity contribution is 7.99. The van der Waals surface area contributed by atoms with E-state index in [1.54, 1.807) is 11.8 Å².